The van der Waals surface area contributed by atoms with E-state index in [-0.39, 0.29) is 41.8 Å². The third-order valence-electron chi connectivity index (χ3n) is 8.31. The number of likely N-dealkylation sites (N-methyl/N-ethyl adjacent to an activating group) is 1. The number of likely N-dealkylation sites (tertiary alicyclic amines) is 1. The number of alkyl halides is 2. The highest BCUT2D eigenvalue weighted by Gasteiger charge is 2.44. The number of primary amides is 1. The van der Waals surface area contributed by atoms with Gasteiger partial charge in [-0.3, -0.25) is 14.5 Å². The fourth-order valence-corrected chi connectivity index (χ4v) is 6.20. The van der Waals surface area contributed by atoms with Crippen LogP contribution in [0.4, 0.5) is 17.6 Å². The molecule has 240 valence electrons. The molecule has 0 spiro atoms. The van der Waals surface area contributed by atoms with Crippen LogP contribution in [0.5, 0.6) is 11.5 Å². The van der Waals surface area contributed by atoms with Crippen molar-refractivity contribution in [1.82, 2.24) is 15.1 Å². The molecular formula is C32H33ClF4N4O4. The van der Waals surface area contributed by atoms with E-state index in [4.69, 9.17) is 22.1 Å². The normalized spacial score (nSPS) is 18.5. The fraction of sp³-hybridized carbons (Fsp3) is 0.375. The Bertz CT molecular complexity index is 1590. The average molecular weight is 649 g/mol. The van der Waals surface area contributed by atoms with Crippen LogP contribution in [-0.2, 0) is 16.8 Å². The second kappa shape index (κ2) is 13.2. The SMILES string of the molecule is CN(C)C(=O)CN1CCC(NCC2(c3ccccc3)Cc3c(cc(F)c(Cl)c3-c3c(C(N)=O)ccc(OC(F)F)c3F)O2)CC1. The van der Waals surface area contributed by atoms with Gasteiger partial charge in [-0.25, -0.2) is 8.78 Å². The zero-order valence-electron chi connectivity index (χ0n) is 24.7. The zero-order chi connectivity index (χ0) is 32.5. The highest BCUT2D eigenvalue weighted by molar-refractivity contribution is 6.34. The smallest absolute Gasteiger partial charge is 0.387 e. The zero-order valence-corrected chi connectivity index (χ0v) is 25.5. The van der Waals surface area contributed by atoms with Gasteiger partial charge in [0.2, 0.25) is 11.8 Å². The molecule has 1 atom stereocenters. The molecule has 3 N–H and O–H groups in total. The molecule has 2 heterocycles. The number of nitrogens with zero attached hydrogens (tertiary/aromatic N) is 2. The number of piperidine rings is 1. The maximum atomic E-state index is 15.9. The molecular weight excluding hydrogens is 616 g/mol. The molecule has 13 heteroatoms. The summed E-state index contributed by atoms with van der Waals surface area (Å²) in [6.07, 6.45) is 1.62. The number of hydrogen-bond donors (Lipinski definition) is 2. The van der Waals surface area contributed by atoms with Crippen molar-refractivity contribution in [3.05, 3.63) is 81.9 Å². The molecule has 0 radical (unpaired) electrons. The van der Waals surface area contributed by atoms with Crippen molar-refractivity contribution in [3.63, 3.8) is 0 Å². The van der Waals surface area contributed by atoms with E-state index >= 15 is 8.78 Å². The van der Waals surface area contributed by atoms with Crippen LogP contribution in [0.2, 0.25) is 5.02 Å². The van der Waals surface area contributed by atoms with Gasteiger partial charge < -0.3 is 25.4 Å². The van der Waals surface area contributed by atoms with Gasteiger partial charge in [-0.05, 0) is 30.5 Å². The van der Waals surface area contributed by atoms with E-state index in [1.807, 2.05) is 30.3 Å². The van der Waals surface area contributed by atoms with E-state index < -0.39 is 51.7 Å². The lowest BCUT2D eigenvalue weighted by Crippen LogP contribution is -2.50. The van der Waals surface area contributed by atoms with Crippen LogP contribution < -0.4 is 20.5 Å². The number of benzene rings is 3. The van der Waals surface area contributed by atoms with Gasteiger partial charge in [-0.1, -0.05) is 41.9 Å². The number of ether oxygens (including phenoxy) is 2. The summed E-state index contributed by atoms with van der Waals surface area (Å²) >= 11 is 6.44. The highest BCUT2D eigenvalue weighted by Crippen LogP contribution is 2.50. The van der Waals surface area contributed by atoms with Crippen molar-refractivity contribution < 1.29 is 36.6 Å². The van der Waals surface area contributed by atoms with E-state index in [1.54, 1.807) is 19.0 Å². The van der Waals surface area contributed by atoms with Crippen molar-refractivity contribution in [2.45, 2.75) is 37.5 Å². The van der Waals surface area contributed by atoms with E-state index in [9.17, 15) is 18.4 Å². The number of fused-ring (bicyclic) bond motifs is 1. The minimum Gasteiger partial charge on any atom is -0.480 e. The molecule has 45 heavy (non-hydrogen) atoms. The Balaban J connectivity index is 1.50. The monoisotopic (exact) mass is 648 g/mol. The summed E-state index contributed by atoms with van der Waals surface area (Å²) in [5.41, 5.74) is 4.28. The van der Waals surface area contributed by atoms with E-state index in [0.29, 0.717) is 19.6 Å². The molecule has 1 fully saturated rings. The Hall–Kier alpha value is -3.87. The molecule has 3 aromatic carbocycles. The van der Waals surface area contributed by atoms with Crippen molar-refractivity contribution in [2.24, 2.45) is 5.73 Å². The number of hydrogen-bond acceptors (Lipinski definition) is 6. The Labute approximate surface area is 263 Å². The van der Waals surface area contributed by atoms with Crippen LogP contribution in [-0.4, -0.2) is 74.5 Å². The molecule has 2 amide bonds. The highest BCUT2D eigenvalue weighted by atomic mass is 35.5. The summed E-state index contributed by atoms with van der Waals surface area (Å²) in [5, 5.41) is 3.05. The standard InChI is InChI=1S/C32H33ClF4N4O4/c1-40(2)25(42)16-41-12-10-19(11-13-41)39-17-32(18-6-4-3-5-7-18)15-21-24(45-32)14-22(34)28(33)26(21)27-20(30(38)43)8-9-23(29(27)35)44-31(36)37/h3-9,14,19,31,39H,10-13,15-17H2,1-2H3,(H2,38,43). The van der Waals surface area contributed by atoms with Crippen molar-refractivity contribution in [1.29, 1.82) is 0 Å². The van der Waals surface area contributed by atoms with E-state index in [2.05, 4.69) is 15.0 Å². The number of carbonyl (C=O) groups is 2. The predicted octanol–water partition coefficient (Wildman–Crippen LogP) is 4.96. The number of rotatable bonds is 10. The van der Waals surface area contributed by atoms with Gasteiger partial charge in [-0.15, -0.1) is 0 Å². The topological polar surface area (TPSA) is 97.1 Å². The molecule has 0 saturated carbocycles. The third-order valence-corrected chi connectivity index (χ3v) is 8.68. The summed E-state index contributed by atoms with van der Waals surface area (Å²) in [5.74, 6) is -4.13. The Morgan fingerprint density at radius 3 is 2.44 bits per heavy atom. The Morgan fingerprint density at radius 2 is 1.82 bits per heavy atom. The predicted molar refractivity (Wildman–Crippen MR) is 161 cm³/mol. The fourth-order valence-electron chi connectivity index (χ4n) is 5.93. The van der Waals surface area contributed by atoms with Gasteiger partial charge in [0.05, 0.1) is 17.1 Å². The minimum absolute atomic E-state index is 0.0329. The Morgan fingerprint density at radius 1 is 1.13 bits per heavy atom. The molecule has 2 aliphatic rings. The van der Waals surface area contributed by atoms with Gasteiger partial charge in [0, 0.05) is 68.9 Å². The lowest BCUT2D eigenvalue weighted by Gasteiger charge is -2.36. The van der Waals surface area contributed by atoms with Crippen LogP contribution >= 0.6 is 11.6 Å². The largest absolute Gasteiger partial charge is 0.480 e. The lowest BCUT2D eigenvalue weighted by molar-refractivity contribution is -0.130. The van der Waals surface area contributed by atoms with Crippen LogP contribution in [0.25, 0.3) is 11.1 Å². The average Bonchev–Trinajstić information content (AvgIpc) is 3.38. The molecule has 0 aromatic heterocycles. The summed E-state index contributed by atoms with van der Waals surface area (Å²) < 4.78 is 68.2. The number of halogens is 5. The van der Waals surface area contributed by atoms with Crippen LogP contribution in [0.1, 0.15) is 34.3 Å². The molecule has 5 rings (SSSR count). The van der Waals surface area contributed by atoms with Crippen LogP contribution in [0, 0.1) is 11.6 Å². The van der Waals surface area contributed by atoms with Gasteiger partial charge in [-0.2, -0.15) is 8.78 Å². The molecule has 0 bridgehead atoms. The first-order chi connectivity index (χ1) is 21.4. The summed E-state index contributed by atoms with van der Waals surface area (Å²) in [6.45, 7) is -1.32. The van der Waals surface area contributed by atoms with Crippen molar-refractivity contribution in [2.75, 3.05) is 40.3 Å². The number of amides is 2. The Kier molecular flexibility index (Phi) is 9.57. The first-order valence-electron chi connectivity index (χ1n) is 14.4. The molecule has 1 saturated heterocycles. The number of nitrogens with one attached hydrogen (secondary N) is 1. The molecule has 1 unspecified atom stereocenters. The molecule has 8 nitrogen and oxygen atoms in total. The maximum absolute atomic E-state index is 15.9. The number of carbonyl (C=O) groups excluding carboxylic acids is 2. The first-order valence-corrected chi connectivity index (χ1v) is 14.8. The van der Waals surface area contributed by atoms with Gasteiger partial charge in [0.15, 0.2) is 17.2 Å². The summed E-state index contributed by atoms with van der Waals surface area (Å²) in [4.78, 5) is 28.2. The second-order valence-electron chi connectivity index (χ2n) is 11.4. The molecule has 3 aromatic rings. The summed E-state index contributed by atoms with van der Waals surface area (Å²) in [7, 11) is 3.45. The van der Waals surface area contributed by atoms with Crippen LogP contribution in [0.15, 0.2) is 48.5 Å². The van der Waals surface area contributed by atoms with Crippen molar-refractivity contribution >= 4 is 23.4 Å². The van der Waals surface area contributed by atoms with E-state index in [1.165, 1.54) is 0 Å². The quantitative estimate of drug-likeness (QED) is 0.302. The third kappa shape index (κ3) is 6.73. The number of nitrogens with two attached hydrogens (primary N) is 1. The van der Waals surface area contributed by atoms with E-state index in [0.717, 1.165) is 36.6 Å². The first kappa shape index (κ1) is 32.5. The lowest BCUT2D eigenvalue weighted by atomic mass is 9.85. The van der Waals surface area contributed by atoms with Gasteiger partial charge >= 0.3 is 6.61 Å². The molecule has 0 aliphatic carbocycles. The van der Waals surface area contributed by atoms with Gasteiger partial charge in [0.1, 0.15) is 11.6 Å². The van der Waals surface area contributed by atoms with Crippen molar-refractivity contribution in [3.8, 4) is 22.6 Å². The molecule has 2 aliphatic heterocycles. The minimum atomic E-state index is -3.36. The van der Waals surface area contributed by atoms with Crippen LogP contribution in [0.3, 0.4) is 0 Å². The maximum Gasteiger partial charge on any atom is 0.387 e. The second-order valence-corrected chi connectivity index (χ2v) is 11.8. The summed E-state index contributed by atoms with van der Waals surface area (Å²) in [6, 6.07) is 12.3. The van der Waals surface area contributed by atoms with Gasteiger partial charge in [0.25, 0.3) is 0 Å².